The minimum Gasteiger partial charge on any atom is -0.411 e. The van der Waals surface area contributed by atoms with Gasteiger partial charge in [-0.2, -0.15) is 0 Å². The van der Waals surface area contributed by atoms with Crippen molar-refractivity contribution in [2.24, 2.45) is 5.16 Å². The SMILES string of the molecule is COCCC(F)(F)C1(O)CCC(=NO)CC1. The van der Waals surface area contributed by atoms with E-state index in [1.165, 1.54) is 7.11 Å². The molecular weight excluding hydrogens is 220 g/mol. The third kappa shape index (κ3) is 2.68. The highest BCUT2D eigenvalue weighted by molar-refractivity contribution is 5.84. The first-order valence-corrected chi connectivity index (χ1v) is 5.24. The molecule has 0 aromatic rings. The van der Waals surface area contributed by atoms with Gasteiger partial charge in [0.2, 0.25) is 0 Å². The second-order valence-corrected chi connectivity index (χ2v) is 4.15. The molecule has 0 aromatic heterocycles. The topological polar surface area (TPSA) is 62.0 Å². The summed E-state index contributed by atoms with van der Waals surface area (Å²) >= 11 is 0. The van der Waals surface area contributed by atoms with Crippen LogP contribution in [-0.4, -0.2) is 41.3 Å². The Morgan fingerprint density at radius 2 is 2.00 bits per heavy atom. The van der Waals surface area contributed by atoms with Gasteiger partial charge >= 0.3 is 0 Å². The van der Waals surface area contributed by atoms with E-state index in [1.54, 1.807) is 0 Å². The number of aliphatic hydroxyl groups is 1. The minimum absolute atomic E-state index is 0.0803. The van der Waals surface area contributed by atoms with Crippen LogP contribution in [-0.2, 0) is 4.74 Å². The van der Waals surface area contributed by atoms with Gasteiger partial charge in [-0.15, -0.1) is 0 Å². The van der Waals surface area contributed by atoms with Crippen LogP contribution in [0.4, 0.5) is 8.78 Å². The summed E-state index contributed by atoms with van der Waals surface area (Å²) < 4.78 is 32.0. The Labute approximate surface area is 92.9 Å². The van der Waals surface area contributed by atoms with Gasteiger partial charge in [-0.25, -0.2) is 8.78 Å². The molecule has 0 heterocycles. The fourth-order valence-electron chi connectivity index (χ4n) is 1.88. The van der Waals surface area contributed by atoms with Crippen molar-refractivity contribution in [2.75, 3.05) is 13.7 Å². The van der Waals surface area contributed by atoms with E-state index in [0.717, 1.165) is 0 Å². The lowest BCUT2D eigenvalue weighted by atomic mass is 9.78. The number of halogens is 2. The van der Waals surface area contributed by atoms with Crippen molar-refractivity contribution in [1.29, 1.82) is 0 Å². The monoisotopic (exact) mass is 237 g/mol. The maximum absolute atomic E-state index is 13.7. The number of nitrogens with zero attached hydrogens (tertiary/aromatic N) is 1. The molecule has 0 bridgehead atoms. The standard InChI is InChI=1S/C10H17F2NO3/c1-16-7-6-10(11,12)9(14)4-2-8(13-15)3-5-9/h14-15H,2-7H2,1H3. The molecular formula is C10H17F2NO3. The molecule has 0 aromatic carbocycles. The summed E-state index contributed by atoms with van der Waals surface area (Å²) in [6.07, 6.45) is -0.247. The van der Waals surface area contributed by atoms with E-state index in [4.69, 9.17) is 5.21 Å². The fourth-order valence-corrected chi connectivity index (χ4v) is 1.88. The van der Waals surface area contributed by atoms with Gasteiger partial charge in [-0.3, -0.25) is 0 Å². The summed E-state index contributed by atoms with van der Waals surface area (Å²) in [4.78, 5) is 0. The second-order valence-electron chi connectivity index (χ2n) is 4.15. The number of oxime groups is 1. The first-order chi connectivity index (χ1) is 7.45. The average molecular weight is 237 g/mol. The van der Waals surface area contributed by atoms with Crippen molar-refractivity contribution < 1.29 is 23.8 Å². The lowest BCUT2D eigenvalue weighted by molar-refractivity contribution is -0.197. The highest BCUT2D eigenvalue weighted by Crippen LogP contribution is 2.41. The van der Waals surface area contributed by atoms with Crippen LogP contribution in [0.1, 0.15) is 32.1 Å². The minimum atomic E-state index is -3.16. The van der Waals surface area contributed by atoms with Gasteiger partial charge in [0.25, 0.3) is 5.92 Å². The number of alkyl halides is 2. The van der Waals surface area contributed by atoms with Crippen LogP contribution in [0.5, 0.6) is 0 Å². The summed E-state index contributed by atoms with van der Waals surface area (Å²) in [7, 11) is 1.34. The molecule has 0 saturated heterocycles. The lowest BCUT2D eigenvalue weighted by Crippen LogP contribution is -2.51. The molecule has 94 valence electrons. The molecule has 0 radical (unpaired) electrons. The molecule has 0 atom stereocenters. The maximum atomic E-state index is 13.7. The Balaban J connectivity index is 2.64. The van der Waals surface area contributed by atoms with Crippen molar-refractivity contribution >= 4 is 5.71 Å². The molecule has 0 amide bonds. The van der Waals surface area contributed by atoms with Gasteiger partial charge in [0.05, 0.1) is 12.3 Å². The summed E-state index contributed by atoms with van der Waals surface area (Å²) in [5.74, 6) is -3.16. The van der Waals surface area contributed by atoms with Crippen LogP contribution >= 0.6 is 0 Å². The molecule has 1 aliphatic carbocycles. The smallest absolute Gasteiger partial charge is 0.278 e. The molecule has 1 aliphatic rings. The quantitative estimate of drug-likeness (QED) is 0.579. The zero-order chi connectivity index (χ0) is 12.2. The molecule has 1 saturated carbocycles. The van der Waals surface area contributed by atoms with E-state index >= 15 is 0 Å². The predicted molar refractivity (Wildman–Crippen MR) is 54.1 cm³/mol. The zero-order valence-electron chi connectivity index (χ0n) is 9.25. The van der Waals surface area contributed by atoms with Crippen molar-refractivity contribution in [3.8, 4) is 0 Å². The zero-order valence-corrected chi connectivity index (χ0v) is 9.25. The Morgan fingerprint density at radius 3 is 2.44 bits per heavy atom. The number of hydrogen-bond donors (Lipinski definition) is 2. The molecule has 4 nitrogen and oxygen atoms in total. The molecule has 1 fully saturated rings. The summed E-state index contributed by atoms with van der Waals surface area (Å²) in [5.41, 5.74) is -1.54. The highest BCUT2D eigenvalue weighted by atomic mass is 19.3. The summed E-state index contributed by atoms with van der Waals surface area (Å²) in [5, 5.41) is 21.4. The first kappa shape index (κ1) is 13.3. The van der Waals surface area contributed by atoms with E-state index in [1.807, 2.05) is 0 Å². The van der Waals surface area contributed by atoms with E-state index in [2.05, 4.69) is 9.89 Å². The molecule has 16 heavy (non-hydrogen) atoms. The number of ether oxygens (including phenoxy) is 1. The number of rotatable bonds is 4. The Hall–Kier alpha value is -0.750. The molecule has 2 N–H and O–H groups in total. The lowest BCUT2D eigenvalue weighted by Gasteiger charge is -2.38. The van der Waals surface area contributed by atoms with Gasteiger partial charge in [0.15, 0.2) is 0 Å². The Kier molecular flexibility index (Phi) is 4.21. The van der Waals surface area contributed by atoms with E-state index < -0.39 is 17.9 Å². The number of hydrogen-bond acceptors (Lipinski definition) is 4. The van der Waals surface area contributed by atoms with Crippen molar-refractivity contribution in [3.63, 3.8) is 0 Å². The summed E-state index contributed by atoms with van der Waals surface area (Å²) in [6, 6.07) is 0. The predicted octanol–water partition coefficient (Wildman–Crippen LogP) is 1.79. The Bertz CT molecular complexity index is 259. The average Bonchev–Trinajstić information content (AvgIpc) is 2.27. The normalized spacial score (nSPS) is 26.9. The molecule has 0 aliphatic heterocycles. The largest absolute Gasteiger partial charge is 0.411 e. The molecule has 0 spiro atoms. The van der Waals surface area contributed by atoms with Gasteiger partial charge in [-0.05, 0) is 25.7 Å². The van der Waals surface area contributed by atoms with Crippen LogP contribution in [0.15, 0.2) is 5.16 Å². The second kappa shape index (κ2) is 5.05. The molecule has 6 heteroatoms. The van der Waals surface area contributed by atoms with Crippen LogP contribution in [0.3, 0.4) is 0 Å². The summed E-state index contributed by atoms with van der Waals surface area (Å²) in [6.45, 7) is -0.0870. The third-order valence-electron chi connectivity index (χ3n) is 3.10. The van der Waals surface area contributed by atoms with Crippen molar-refractivity contribution in [1.82, 2.24) is 0 Å². The van der Waals surface area contributed by atoms with E-state index in [0.29, 0.717) is 5.71 Å². The number of methoxy groups -OCH3 is 1. The maximum Gasteiger partial charge on any atom is 0.278 e. The van der Waals surface area contributed by atoms with E-state index in [9.17, 15) is 13.9 Å². The van der Waals surface area contributed by atoms with Crippen molar-refractivity contribution in [3.05, 3.63) is 0 Å². The highest BCUT2D eigenvalue weighted by Gasteiger charge is 2.52. The Morgan fingerprint density at radius 1 is 1.44 bits per heavy atom. The van der Waals surface area contributed by atoms with Gasteiger partial charge < -0.3 is 15.1 Å². The van der Waals surface area contributed by atoms with Crippen molar-refractivity contribution in [2.45, 2.75) is 43.6 Å². The van der Waals surface area contributed by atoms with Crippen LogP contribution in [0, 0.1) is 0 Å². The first-order valence-electron chi connectivity index (χ1n) is 5.24. The third-order valence-corrected chi connectivity index (χ3v) is 3.10. The van der Waals surface area contributed by atoms with Gasteiger partial charge in [0.1, 0.15) is 5.60 Å². The van der Waals surface area contributed by atoms with Crippen LogP contribution < -0.4 is 0 Å². The van der Waals surface area contributed by atoms with Crippen LogP contribution in [0.2, 0.25) is 0 Å². The van der Waals surface area contributed by atoms with Gasteiger partial charge in [-0.1, -0.05) is 5.16 Å². The molecule has 0 unspecified atom stereocenters. The van der Waals surface area contributed by atoms with Crippen LogP contribution in [0.25, 0.3) is 0 Å². The van der Waals surface area contributed by atoms with E-state index in [-0.39, 0.29) is 32.3 Å². The molecule has 1 rings (SSSR count). The fraction of sp³-hybridized carbons (Fsp3) is 0.900. The van der Waals surface area contributed by atoms with Gasteiger partial charge in [0, 0.05) is 13.5 Å².